The van der Waals surface area contributed by atoms with Crippen LogP contribution in [0.1, 0.15) is 15.9 Å². The molecule has 1 aliphatic heterocycles. The number of anilines is 2. The molecular weight excluding hydrogens is 468 g/mol. The molecule has 0 spiro atoms. The van der Waals surface area contributed by atoms with E-state index < -0.39 is 0 Å². The van der Waals surface area contributed by atoms with Crippen LogP contribution >= 0.6 is 0 Å². The van der Waals surface area contributed by atoms with Crippen LogP contribution in [-0.4, -0.2) is 77.3 Å². The molecule has 9 heteroatoms. The minimum atomic E-state index is 0.124. The van der Waals surface area contributed by atoms with Gasteiger partial charge in [-0.15, -0.1) is 0 Å². The molecular formula is C28H34N6O3. The van der Waals surface area contributed by atoms with E-state index in [4.69, 9.17) is 15.8 Å². The number of phenolic OH excluding ortho intramolecular Hbond substituents is 1. The molecule has 5 rings (SSSR count). The van der Waals surface area contributed by atoms with Crippen molar-refractivity contribution >= 4 is 28.8 Å². The maximum atomic E-state index is 12.0. The number of hydrogen-bond donors (Lipinski definition) is 4. The van der Waals surface area contributed by atoms with Crippen molar-refractivity contribution in [1.29, 1.82) is 0 Å². The molecule has 1 fully saturated rings. The number of piperazine rings is 1. The zero-order valence-corrected chi connectivity index (χ0v) is 21.3. The molecule has 0 aliphatic carbocycles. The largest absolute Gasteiger partial charge is 0.508 e. The van der Waals surface area contributed by atoms with Gasteiger partial charge in [-0.2, -0.15) is 0 Å². The third-order valence-corrected chi connectivity index (χ3v) is 6.76. The number of aryl methyl sites for hydroxylation is 1. The van der Waals surface area contributed by atoms with Gasteiger partial charge in [0.1, 0.15) is 17.1 Å². The van der Waals surface area contributed by atoms with Gasteiger partial charge in [0.2, 0.25) is 0 Å². The van der Waals surface area contributed by atoms with E-state index in [0.29, 0.717) is 28.1 Å². The first-order valence-corrected chi connectivity index (χ1v) is 12.3. The fraction of sp³-hybridized carbons (Fsp3) is 0.286. The van der Waals surface area contributed by atoms with Gasteiger partial charge >= 0.3 is 0 Å². The molecule has 0 atom stereocenters. The summed E-state index contributed by atoms with van der Waals surface area (Å²) in [7, 11) is 1.50. The number of nitrogens with two attached hydrogens (primary N) is 2. The molecule has 2 aromatic heterocycles. The Kier molecular flexibility index (Phi) is 8.08. The number of nitrogens with zero attached hydrogens (tertiary/aromatic N) is 4. The van der Waals surface area contributed by atoms with Crippen molar-refractivity contribution in [2.24, 2.45) is 5.73 Å². The summed E-state index contributed by atoms with van der Waals surface area (Å²) in [5.41, 5.74) is 16.9. The molecule has 4 aromatic rings. The number of benzene rings is 2. The van der Waals surface area contributed by atoms with E-state index in [1.165, 1.54) is 7.05 Å². The quantitative estimate of drug-likeness (QED) is 0.296. The highest BCUT2D eigenvalue weighted by atomic mass is 16.3. The number of aromatic hydroxyl groups is 1. The monoisotopic (exact) mass is 502 g/mol. The maximum Gasteiger partial charge on any atom is 0.155 e. The lowest BCUT2D eigenvalue weighted by Gasteiger charge is -2.35. The Morgan fingerprint density at radius 1 is 1.00 bits per heavy atom. The van der Waals surface area contributed by atoms with Crippen LogP contribution in [0.5, 0.6) is 5.75 Å². The average molecular weight is 503 g/mol. The summed E-state index contributed by atoms with van der Waals surface area (Å²) in [6.45, 7) is 6.57. The van der Waals surface area contributed by atoms with E-state index in [-0.39, 0.29) is 12.4 Å². The van der Waals surface area contributed by atoms with E-state index >= 15 is 0 Å². The van der Waals surface area contributed by atoms with Crippen molar-refractivity contribution in [2.45, 2.75) is 6.92 Å². The summed E-state index contributed by atoms with van der Waals surface area (Å²) in [6.07, 6.45) is 0.739. The van der Waals surface area contributed by atoms with Gasteiger partial charge in [-0.3, -0.25) is 14.3 Å². The predicted molar refractivity (Wildman–Crippen MR) is 149 cm³/mol. The molecule has 0 saturated carbocycles. The van der Waals surface area contributed by atoms with Gasteiger partial charge in [0.25, 0.3) is 0 Å². The van der Waals surface area contributed by atoms with Gasteiger partial charge in [-0.05, 0) is 49.9 Å². The van der Waals surface area contributed by atoms with Crippen LogP contribution in [0.15, 0.2) is 54.6 Å². The normalized spacial score (nSPS) is 13.9. The van der Waals surface area contributed by atoms with Crippen molar-refractivity contribution in [3.8, 4) is 22.7 Å². The van der Waals surface area contributed by atoms with Crippen molar-refractivity contribution in [3.63, 3.8) is 0 Å². The van der Waals surface area contributed by atoms with E-state index in [9.17, 15) is 9.90 Å². The number of aliphatic hydroxyl groups is 1. The number of aromatic nitrogens is 2. The van der Waals surface area contributed by atoms with Crippen molar-refractivity contribution in [1.82, 2.24) is 14.5 Å². The number of carbonyl (C=O) groups is 1. The highest BCUT2D eigenvalue weighted by Gasteiger charge is 2.20. The Morgan fingerprint density at radius 2 is 1.70 bits per heavy atom. The van der Waals surface area contributed by atoms with E-state index in [1.54, 1.807) is 16.7 Å². The number of carbonyl (C=O) groups excluding carboxylic acids is 1. The fourth-order valence-electron chi connectivity index (χ4n) is 4.79. The van der Waals surface area contributed by atoms with Crippen LogP contribution in [-0.2, 0) is 0 Å². The van der Waals surface area contributed by atoms with Crippen LogP contribution in [0.2, 0.25) is 0 Å². The molecule has 9 nitrogen and oxygen atoms in total. The summed E-state index contributed by atoms with van der Waals surface area (Å²) in [4.78, 5) is 21.4. The number of β-amino-alcohol motifs (C(OH)–C–C–N with tert-alkyl or cyclic N) is 1. The molecule has 0 radical (unpaired) electrons. The first kappa shape index (κ1) is 26.2. The van der Waals surface area contributed by atoms with Gasteiger partial charge in [0.05, 0.1) is 29.1 Å². The number of nitrogen functional groups attached to an aromatic ring is 1. The minimum Gasteiger partial charge on any atom is -0.508 e. The Hall–Kier alpha value is -3.92. The number of rotatable bonds is 6. The van der Waals surface area contributed by atoms with Crippen molar-refractivity contribution < 1.29 is 15.0 Å². The summed E-state index contributed by atoms with van der Waals surface area (Å²) >= 11 is 0. The maximum absolute atomic E-state index is 12.0. The lowest BCUT2D eigenvalue weighted by atomic mass is 10.1. The lowest BCUT2D eigenvalue weighted by molar-refractivity contribution is 0.112. The number of phenols is 1. The summed E-state index contributed by atoms with van der Waals surface area (Å²) in [5.74, 6) is 0.419. The molecule has 37 heavy (non-hydrogen) atoms. The van der Waals surface area contributed by atoms with E-state index in [0.717, 1.165) is 61.5 Å². The Balaban J connectivity index is 0.00000156. The first-order chi connectivity index (χ1) is 18.0. The summed E-state index contributed by atoms with van der Waals surface area (Å²) in [5, 5.41) is 19.2. The lowest BCUT2D eigenvalue weighted by Crippen LogP contribution is -2.47. The topological polar surface area (TPSA) is 134 Å². The van der Waals surface area contributed by atoms with Gasteiger partial charge in [0, 0.05) is 50.0 Å². The van der Waals surface area contributed by atoms with Gasteiger partial charge in [-0.25, -0.2) is 4.98 Å². The highest BCUT2D eigenvalue weighted by Crippen LogP contribution is 2.34. The second-order valence-corrected chi connectivity index (χ2v) is 8.89. The summed E-state index contributed by atoms with van der Waals surface area (Å²) < 4.78 is 1.77. The Morgan fingerprint density at radius 3 is 2.35 bits per heavy atom. The number of aliphatic hydroxyl groups excluding tert-OH is 1. The minimum absolute atomic E-state index is 0.124. The highest BCUT2D eigenvalue weighted by molar-refractivity contribution is 6.03. The second kappa shape index (κ2) is 11.4. The number of hydrogen-bond acceptors (Lipinski definition) is 8. The van der Waals surface area contributed by atoms with Crippen LogP contribution < -0.4 is 16.4 Å². The zero-order chi connectivity index (χ0) is 26.5. The van der Waals surface area contributed by atoms with Crippen LogP contribution in [0, 0.1) is 6.92 Å². The summed E-state index contributed by atoms with van der Waals surface area (Å²) in [6, 6.07) is 17.2. The van der Waals surface area contributed by atoms with Crippen LogP contribution in [0.3, 0.4) is 0 Å². The molecule has 0 unspecified atom stereocenters. The standard InChI is InChI=1S/C27H29N5O3.CH5N/c1-18-2-7-21(35)16-25(18)32-24-9-8-23(29-26(24)22(17-34)27(32)28)19-3-5-20(6-4-19)31-12-10-30(11-13-31)14-15-33;1-2/h2-9,16-17,33,35H,10-15,28H2,1H3;2H2,1H3. The van der Waals surface area contributed by atoms with E-state index in [1.807, 2.05) is 37.3 Å². The molecule has 1 saturated heterocycles. The molecule has 2 aromatic carbocycles. The number of aldehydes is 1. The van der Waals surface area contributed by atoms with Crippen molar-refractivity contribution in [2.75, 3.05) is 57.0 Å². The molecule has 0 bridgehead atoms. The van der Waals surface area contributed by atoms with Crippen LogP contribution in [0.25, 0.3) is 28.0 Å². The van der Waals surface area contributed by atoms with Gasteiger partial charge in [-0.1, -0.05) is 18.2 Å². The average Bonchev–Trinajstić information content (AvgIpc) is 3.22. The molecule has 1 aliphatic rings. The molecule has 3 heterocycles. The van der Waals surface area contributed by atoms with Gasteiger partial charge < -0.3 is 26.6 Å². The van der Waals surface area contributed by atoms with Crippen molar-refractivity contribution in [3.05, 3.63) is 65.7 Å². The Labute approximate surface area is 216 Å². The number of fused-ring (bicyclic) bond motifs is 1. The zero-order valence-electron chi connectivity index (χ0n) is 21.3. The SMILES string of the molecule is CN.Cc1ccc(O)cc1-n1c(N)c(C=O)c2nc(-c3ccc(N4CCN(CCO)CC4)cc3)ccc21. The van der Waals surface area contributed by atoms with Crippen LogP contribution in [0.4, 0.5) is 11.5 Å². The molecule has 6 N–H and O–H groups in total. The molecule has 194 valence electrons. The van der Waals surface area contributed by atoms with E-state index in [2.05, 4.69) is 27.7 Å². The Bertz CT molecular complexity index is 1380. The third kappa shape index (κ3) is 5.15. The molecule has 0 amide bonds. The predicted octanol–water partition coefficient (Wildman–Crippen LogP) is 2.79. The fourth-order valence-corrected chi connectivity index (χ4v) is 4.79. The smallest absolute Gasteiger partial charge is 0.155 e. The first-order valence-electron chi connectivity index (χ1n) is 12.3. The number of pyridine rings is 1. The van der Waals surface area contributed by atoms with Gasteiger partial charge in [0.15, 0.2) is 6.29 Å². The second-order valence-electron chi connectivity index (χ2n) is 8.89. The third-order valence-electron chi connectivity index (χ3n) is 6.76.